The number of morpholine rings is 2. The monoisotopic (exact) mass is 338 g/mol. The van der Waals surface area contributed by atoms with Gasteiger partial charge in [0.2, 0.25) is 0 Å². The van der Waals surface area contributed by atoms with Crippen molar-refractivity contribution in [1.29, 1.82) is 0 Å². The molecule has 0 bridgehead atoms. The van der Waals surface area contributed by atoms with Gasteiger partial charge in [-0.15, -0.1) is 0 Å². The highest BCUT2D eigenvalue weighted by Gasteiger charge is 2.24. The predicted molar refractivity (Wildman–Crippen MR) is 91.1 cm³/mol. The van der Waals surface area contributed by atoms with Crippen LogP contribution in [0.5, 0.6) is 0 Å². The zero-order valence-corrected chi connectivity index (χ0v) is 14.9. The smallest absolute Gasteiger partial charge is 0.0898 e. The first-order valence-electron chi connectivity index (χ1n) is 8.93. The highest BCUT2D eigenvalue weighted by molar-refractivity contribution is 5.06. The fourth-order valence-corrected chi connectivity index (χ4v) is 3.55. The predicted octanol–water partition coefficient (Wildman–Crippen LogP) is -0.106. The summed E-state index contributed by atoms with van der Waals surface area (Å²) in [5.41, 5.74) is 2.21. The van der Waals surface area contributed by atoms with E-state index in [1.807, 2.05) is 11.6 Å². The molecule has 3 heterocycles. The van der Waals surface area contributed by atoms with Crippen LogP contribution in [0.3, 0.4) is 0 Å². The minimum absolute atomic E-state index is 0.132. The maximum absolute atomic E-state index is 10.4. The van der Waals surface area contributed by atoms with Crippen molar-refractivity contribution < 1.29 is 14.6 Å². The second kappa shape index (κ2) is 8.40. The molecule has 7 nitrogen and oxygen atoms in total. The minimum Gasteiger partial charge on any atom is -0.390 e. The zero-order chi connectivity index (χ0) is 16.9. The van der Waals surface area contributed by atoms with Gasteiger partial charge >= 0.3 is 0 Å². The van der Waals surface area contributed by atoms with Gasteiger partial charge in [-0.05, 0) is 19.9 Å². The maximum atomic E-state index is 10.4. The Bertz CT molecular complexity index is 516. The van der Waals surface area contributed by atoms with Crippen molar-refractivity contribution in [3.8, 4) is 0 Å². The lowest BCUT2D eigenvalue weighted by atomic mass is 10.2. The molecular formula is C17H30N4O3. The summed E-state index contributed by atoms with van der Waals surface area (Å²) in [5, 5.41) is 14.9. The fraction of sp³-hybridized carbons (Fsp3) is 0.824. The van der Waals surface area contributed by atoms with Crippen LogP contribution in [0.25, 0.3) is 0 Å². The molecule has 2 atom stereocenters. The quantitative estimate of drug-likeness (QED) is 0.781. The molecule has 0 radical (unpaired) electrons. The third kappa shape index (κ3) is 5.00. The Morgan fingerprint density at radius 3 is 2.58 bits per heavy atom. The highest BCUT2D eigenvalue weighted by atomic mass is 16.5. The van der Waals surface area contributed by atoms with Crippen LogP contribution in [0.1, 0.15) is 11.4 Å². The third-order valence-corrected chi connectivity index (χ3v) is 4.74. The van der Waals surface area contributed by atoms with E-state index in [4.69, 9.17) is 9.47 Å². The molecule has 0 spiro atoms. The van der Waals surface area contributed by atoms with E-state index in [9.17, 15) is 5.11 Å². The second-order valence-electron chi connectivity index (χ2n) is 6.93. The summed E-state index contributed by atoms with van der Waals surface area (Å²) >= 11 is 0. The molecule has 2 aliphatic rings. The number of aliphatic hydroxyl groups excluding tert-OH is 1. The standard InChI is InChI=1S/C17H30N4O3/c1-14-9-15(2)21(18-14)13-17-12-20(5-8-24-17)11-16(22)10-19-3-6-23-7-4-19/h9,16-17,22H,3-8,10-13H2,1-2H3/t16-,17+/m0/s1. The number of aromatic nitrogens is 2. The van der Waals surface area contributed by atoms with E-state index >= 15 is 0 Å². The zero-order valence-electron chi connectivity index (χ0n) is 14.9. The first-order valence-corrected chi connectivity index (χ1v) is 8.93. The van der Waals surface area contributed by atoms with Gasteiger partial charge in [0, 0.05) is 45.0 Å². The summed E-state index contributed by atoms with van der Waals surface area (Å²) in [6, 6.07) is 2.09. The summed E-state index contributed by atoms with van der Waals surface area (Å²) < 4.78 is 13.3. The van der Waals surface area contributed by atoms with Crippen LogP contribution >= 0.6 is 0 Å². The lowest BCUT2D eigenvalue weighted by Crippen LogP contribution is -2.49. The summed E-state index contributed by atoms with van der Waals surface area (Å²) in [6.45, 7) is 12.1. The number of aryl methyl sites for hydroxylation is 2. The molecule has 0 amide bonds. The SMILES string of the molecule is Cc1cc(C)n(C[C@H]2CN(C[C@@H](O)CN3CCOCC3)CCO2)n1. The van der Waals surface area contributed by atoms with Gasteiger partial charge in [-0.3, -0.25) is 14.5 Å². The first-order chi connectivity index (χ1) is 11.6. The summed E-state index contributed by atoms with van der Waals surface area (Å²) in [7, 11) is 0. The topological polar surface area (TPSA) is 63.0 Å². The average Bonchev–Trinajstić information content (AvgIpc) is 2.86. The van der Waals surface area contributed by atoms with E-state index in [-0.39, 0.29) is 12.2 Å². The van der Waals surface area contributed by atoms with Crippen molar-refractivity contribution in [3.63, 3.8) is 0 Å². The molecule has 7 heteroatoms. The lowest BCUT2D eigenvalue weighted by Gasteiger charge is -2.35. The van der Waals surface area contributed by atoms with Crippen LogP contribution in [-0.4, -0.2) is 96.0 Å². The Morgan fingerprint density at radius 2 is 1.88 bits per heavy atom. The Kier molecular flexibility index (Phi) is 6.24. The number of hydrogen-bond acceptors (Lipinski definition) is 6. The van der Waals surface area contributed by atoms with E-state index in [0.29, 0.717) is 13.2 Å². The lowest BCUT2D eigenvalue weighted by molar-refractivity contribution is -0.0540. The molecule has 24 heavy (non-hydrogen) atoms. The Balaban J connectivity index is 1.45. The Morgan fingerprint density at radius 1 is 1.17 bits per heavy atom. The second-order valence-corrected chi connectivity index (χ2v) is 6.93. The number of nitrogens with zero attached hydrogens (tertiary/aromatic N) is 4. The van der Waals surface area contributed by atoms with Crippen molar-refractivity contribution in [3.05, 3.63) is 17.5 Å². The average molecular weight is 338 g/mol. The van der Waals surface area contributed by atoms with Crippen molar-refractivity contribution in [2.75, 3.05) is 59.1 Å². The van der Waals surface area contributed by atoms with Crippen molar-refractivity contribution in [1.82, 2.24) is 19.6 Å². The van der Waals surface area contributed by atoms with E-state index in [1.165, 1.54) is 5.69 Å². The van der Waals surface area contributed by atoms with Crippen LogP contribution in [0.2, 0.25) is 0 Å². The normalized spacial score (nSPS) is 25.0. The van der Waals surface area contributed by atoms with Crippen molar-refractivity contribution in [2.45, 2.75) is 32.6 Å². The molecule has 0 unspecified atom stereocenters. The molecule has 1 aromatic heterocycles. The fourth-order valence-electron chi connectivity index (χ4n) is 3.55. The minimum atomic E-state index is -0.324. The van der Waals surface area contributed by atoms with Gasteiger partial charge < -0.3 is 14.6 Å². The molecule has 0 aromatic carbocycles. The van der Waals surface area contributed by atoms with Crippen molar-refractivity contribution in [2.24, 2.45) is 0 Å². The van der Waals surface area contributed by atoms with E-state index in [0.717, 1.165) is 58.2 Å². The Hall–Kier alpha value is -0.990. The maximum Gasteiger partial charge on any atom is 0.0898 e. The van der Waals surface area contributed by atoms with E-state index in [2.05, 4.69) is 27.9 Å². The van der Waals surface area contributed by atoms with Crippen LogP contribution in [0.4, 0.5) is 0 Å². The van der Waals surface area contributed by atoms with Gasteiger partial charge in [0.15, 0.2) is 0 Å². The molecule has 0 saturated carbocycles. The molecule has 3 rings (SSSR count). The highest BCUT2D eigenvalue weighted by Crippen LogP contribution is 2.11. The third-order valence-electron chi connectivity index (χ3n) is 4.74. The summed E-state index contributed by atoms with van der Waals surface area (Å²) in [6.07, 6.45) is -0.192. The van der Waals surface area contributed by atoms with Crippen LogP contribution < -0.4 is 0 Å². The van der Waals surface area contributed by atoms with Gasteiger partial charge in [0.05, 0.1) is 44.3 Å². The molecule has 136 valence electrons. The van der Waals surface area contributed by atoms with E-state index < -0.39 is 0 Å². The van der Waals surface area contributed by atoms with Crippen LogP contribution in [-0.2, 0) is 16.0 Å². The first kappa shape index (κ1) is 17.8. The van der Waals surface area contributed by atoms with Gasteiger partial charge in [0.1, 0.15) is 0 Å². The molecule has 2 aliphatic heterocycles. The van der Waals surface area contributed by atoms with E-state index in [1.54, 1.807) is 0 Å². The van der Waals surface area contributed by atoms with Gasteiger partial charge in [-0.25, -0.2) is 0 Å². The summed E-state index contributed by atoms with van der Waals surface area (Å²) in [5.74, 6) is 0. The molecule has 1 N–H and O–H groups in total. The van der Waals surface area contributed by atoms with Crippen LogP contribution in [0, 0.1) is 13.8 Å². The van der Waals surface area contributed by atoms with Crippen LogP contribution in [0.15, 0.2) is 6.07 Å². The van der Waals surface area contributed by atoms with Crippen molar-refractivity contribution >= 4 is 0 Å². The largest absolute Gasteiger partial charge is 0.390 e. The van der Waals surface area contributed by atoms with Gasteiger partial charge in [-0.2, -0.15) is 5.10 Å². The summed E-state index contributed by atoms with van der Waals surface area (Å²) in [4.78, 5) is 4.59. The van der Waals surface area contributed by atoms with Gasteiger partial charge in [-0.1, -0.05) is 0 Å². The number of β-amino-alcohol motifs (C(OH)–C–C–N with tert-alkyl or cyclic N) is 1. The number of ether oxygens (including phenoxy) is 2. The Labute approximate surface area is 144 Å². The molecular weight excluding hydrogens is 308 g/mol. The number of rotatable bonds is 6. The number of hydrogen-bond donors (Lipinski definition) is 1. The molecule has 2 saturated heterocycles. The number of aliphatic hydroxyl groups is 1. The molecule has 0 aliphatic carbocycles. The molecule has 2 fully saturated rings. The van der Waals surface area contributed by atoms with Gasteiger partial charge in [0.25, 0.3) is 0 Å². The molecule has 1 aromatic rings.